The van der Waals surface area contributed by atoms with E-state index in [9.17, 15) is 0 Å². The summed E-state index contributed by atoms with van der Waals surface area (Å²) in [5, 5.41) is 3.26. The molecular weight excluding hydrogens is 204 g/mol. The Morgan fingerprint density at radius 2 is 2.38 bits per heavy atom. The van der Waals surface area contributed by atoms with E-state index >= 15 is 0 Å². The van der Waals surface area contributed by atoms with Crippen LogP contribution in [0.5, 0.6) is 5.75 Å². The molecule has 1 aromatic rings. The fourth-order valence-corrected chi connectivity index (χ4v) is 1.53. The zero-order chi connectivity index (χ0) is 11.4. The van der Waals surface area contributed by atoms with Gasteiger partial charge in [-0.1, -0.05) is 0 Å². The van der Waals surface area contributed by atoms with Crippen LogP contribution in [0, 0.1) is 0 Å². The van der Waals surface area contributed by atoms with E-state index in [0.29, 0.717) is 6.54 Å². The van der Waals surface area contributed by atoms with Crippen molar-refractivity contribution in [1.29, 1.82) is 0 Å². The standard InChI is InChI=1S/C11H16N4O/c1-15-6-5-12-11(15)14-7-9-3-4-10(16-2)8-13-9/h3-4,8H,5-7H2,1-2H3,(H,12,14). The number of nitrogens with one attached hydrogen (secondary N) is 1. The quantitative estimate of drug-likeness (QED) is 0.805. The Balaban J connectivity index is 1.89. The van der Waals surface area contributed by atoms with Gasteiger partial charge in [-0.3, -0.25) is 9.98 Å². The highest BCUT2D eigenvalue weighted by atomic mass is 16.5. The highest BCUT2D eigenvalue weighted by Gasteiger charge is 2.11. The summed E-state index contributed by atoms with van der Waals surface area (Å²) in [6.07, 6.45) is 1.72. The van der Waals surface area contributed by atoms with Gasteiger partial charge in [-0.2, -0.15) is 0 Å². The van der Waals surface area contributed by atoms with E-state index in [0.717, 1.165) is 30.5 Å². The summed E-state index contributed by atoms with van der Waals surface area (Å²) >= 11 is 0. The number of rotatable bonds is 3. The minimum Gasteiger partial charge on any atom is -0.495 e. The molecule has 0 saturated carbocycles. The van der Waals surface area contributed by atoms with Gasteiger partial charge in [0.1, 0.15) is 5.75 Å². The average Bonchev–Trinajstić information content (AvgIpc) is 2.73. The Kier molecular flexibility index (Phi) is 3.24. The molecule has 1 aromatic heterocycles. The topological polar surface area (TPSA) is 49.8 Å². The monoisotopic (exact) mass is 220 g/mol. The van der Waals surface area contributed by atoms with Gasteiger partial charge in [0.2, 0.25) is 0 Å². The van der Waals surface area contributed by atoms with Crippen molar-refractivity contribution < 1.29 is 4.74 Å². The Morgan fingerprint density at radius 1 is 1.50 bits per heavy atom. The van der Waals surface area contributed by atoms with Gasteiger partial charge >= 0.3 is 0 Å². The number of nitrogens with zero attached hydrogens (tertiary/aromatic N) is 3. The maximum Gasteiger partial charge on any atom is 0.194 e. The second kappa shape index (κ2) is 4.83. The molecular formula is C11H16N4O. The van der Waals surface area contributed by atoms with Crippen molar-refractivity contribution in [3.63, 3.8) is 0 Å². The molecule has 1 N–H and O–H groups in total. The van der Waals surface area contributed by atoms with Crippen LogP contribution in [0.4, 0.5) is 0 Å². The molecule has 2 heterocycles. The molecule has 5 nitrogen and oxygen atoms in total. The molecule has 86 valence electrons. The first-order chi connectivity index (χ1) is 7.79. The number of pyridine rings is 1. The maximum absolute atomic E-state index is 5.05. The molecule has 0 radical (unpaired) electrons. The van der Waals surface area contributed by atoms with Gasteiger partial charge in [-0.05, 0) is 12.1 Å². The number of aromatic nitrogens is 1. The number of aliphatic imine (C=N–C) groups is 1. The third-order valence-electron chi connectivity index (χ3n) is 2.52. The van der Waals surface area contributed by atoms with Crippen LogP contribution >= 0.6 is 0 Å². The molecule has 1 aliphatic heterocycles. The lowest BCUT2D eigenvalue weighted by atomic mass is 10.3. The average molecular weight is 220 g/mol. The molecule has 0 spiro atoms. The minimum atomic E-state index is 0.688. The van der Waals surface area contributed by atoms with Crippen LogP contribution in [0.2, 0.25) is 0 Å². The van der Waals surface area contributed by atoms with Crippen LogP contribution in [0.1, 0.15) is 5.69 Å². The Hall–Kier alpha value is -1.78. The van der Waals surface area contributed by atoms with E-state index in [2.05, 4.69) is 20.2 Å². The first kappa shape index (κ1) is 10.7. The van der Waals surface area contributed by atoms with Crippen LogP contribution in [-0.2, 0) is 6.54 Å². The SMILES string of the molecule is COc1ccc(CNC2=NCCN2C)nc1. The molecule has 0 atom stereocenters. The number of hydrogen-bond donors (Lipinski definition) is 1. The predicted octanol–water partition coefficient (Wildman–Crippen LogP) is 0.481. The van der Waals surface area contributed by atoms with Gasteiger partial charge < -0.3 is 15.0 Å². The predicted molar refractivity (Wildman–Crippen MR) is 62.6 cm³/mol. The van der Waals surface area contributed by atoms with Crippen molar-refractivity contribution in [3.05, 3.63) is 24.0 Å². The molecule has 0 amide bonds. The number of ether oxygens (including phenoxy) is 1. The van der Waals surface area contributed by atoms with Gasteiger partial charge in [0, 0.05) is 13.6 Å². The normalized spacial score (nSPS) is 14.9. The van der Waals surface area contributed by atoms with Crippen molar-refractivity contribution in [2.75, 3.05) is 27.2 Å². The van der Waals surface area contributed by atoms with E-state index < -0.39 is 0 Å². The lowest BCUT2D eigenvalue weighted by Gasteiger charge is -2.14. The summed E-state index contributed by atoms with van der Waals surface area (Å²) in [5.41, 5.74) is 0.976. The summed E-state index contributed by atoms with van der Waals surface area (Å²) < 4.78 is 5.05. The van der Waals surface area contributed by atoms with E-state index in [1.54, 1.807) is 13.3 Å². The van der Waals surface area contributed by atoms with Crippen LogP contribution in [0.25, 0.3) is 0 Å². The Morgan fingerprint density at radius 3 is 2.94 bits per heavy atom. The highest BCUT2D eigenvalue weighted by Crippen LogP contribution is 2.07. The van der Waals surface area contributed by atoms with E-state index in [1.165, 1.54) is 0 Å². The summed E-state index contributed by atoms with van der Waals surface area (Å²) in [4.78, 5) is 10.7. The van der Waals surface area contributed by atoms with Crippen LogP contribution in [0.3, 0.4) is 0 Å². The fraction of sp³-hybridized carbons (Fsp3) is 0.455. The molecule has 0 saturated heterocycles. The Labute approximate surface area is 95.2 Å². The fourth-order valence-electron chi connectivity index (χ4n) is 1.53. The van der Waals surface area contributed by atoms with E-state index in [4.69, 9.17) is 4.74 Å². The van der Waals surface area contributed by atoms with Gasteiger partial charge in [-0.15, -0.1) is 0 Å². The lowest BCUT2D eigenvalue weighted by Crippen LogP contribution is -2.35. The summed E-state index contributed by atoms with van der Waals surface area (Å²) in [6.45, 7) is 2.54. The molecule has 0 aliphatic carbocycles. The number of guanidine groups is 1. The number of hydrogen-bond acceptors (Lipinski definition) is 5. The largest absolute Gasteiger partial charge is 0.495 e. The van der Waals surface area contributed by atoms with Crippen molar-refractivity contribution in [2.24, 2.45) is 4.99 Å². The molecule has 0 bridgehead atoms. The van der Waals surface area contributed by atoms with Crippen molar-refractivity contribution in [3.8, 4) is 5.75 Å². The van der Waals surface area contributed by atoms with Crippen LogP contribution in [-0.4, -0.2) is 43.1 Å². The summed E-state index contributed by atoms with van der Waals surface area (Å²) in [6, 6.07) is 3.85. The van der Waals surface area contributed by atoms with Gasteiger partial charge in [-0.25, -0.2) is 0 Å². The van der Waals surface area contributed by atoms with Gasteiger partial charge in [0.05, 0.1) is 32.1 Å². The molecule has 0 fully saturated rings. The third-order valence-corrected chi connectivity index (χ3v) is 2.52. The lowest BCUT2D eigenvalue weighted by molar-refractivity contribution is 0.412. The van der Waals surface area contributed by atoms with E-state index in [-0.39, 0.29) is 0 Å². The number of likely N-dealkylation sites (N-methyl/N-ethyl adjacent to an activating group) is 1. The van der Waals surface area contributed by atoms with E-state index in [1.807, 2.05) is 19.2 Å². The molecule has 5 heteroatoms. The minimum absolute atomic E-state index is 0.688. The first-order valence-electron chi connectivity index (χ1n) is 5.28. The maximum atomic E-state index is 5.05. The smallest absolute Gasteiger partial charge is 0.194 e. The third kappa shape index (κ3) is 2.42. The molecule has 0 unspecified atom stereocenters. The zero-order valence-electron chi connectivity index (χ0n) is 9.60. The Bertz CT molecular complexity index is 374. The second-order valence-electron chi connectivity index (χ2n) is 3.67. The molecule has 1 aliphatic rings. The summed E-state index contributed by atoms with van der Waals surface area (Å²) in [7, 11) is 3.66. The molecule has 0 aromatic carbocycles. The van der Waals surface area contributed by atoms with Crippen molar-refractivity contribution in [1.82, 2.24) is 15.2 Å². The van der Waals surface area contributed by atoms with Gasteiger partial charge in [0.25, 0.3) is 0 Å². The van der Waals surface area contributed by atoms with Gasteiger partial charge in [0.15, 0.2) is 5.96 Å². The first-order valence-corrected chi connectivity index (χ1v) is 5.28. The molecule has 2 rings (SSSR count). The van der Waals surface area contributed by atoms with Crippen LogP contribution in [0.15, 0.2) is 23.3 Å². The van der Waals surface area contributed by atoms with Crippen LogP contribution < -0.4 is 10.1 Å². The molecule has 16 heavy (non-hydrogen) atoms. The number of methoxy groups -OCH3 is 1. The van der Waals surface area contributed by atoms with Crippen molar-refractivity contribution in [2.45, 2.75) is 6.54 Å². The van der Waals surface area contributed by atoms with Crippen molar-refractivity contribution >= 4 is 5.96 Å². The summed E-state index contributed by atoms with van der Waals surface area (Å²) in [5.74, 6) is 1.72. The zero-order valence-corrected chi connectivity index (χ0v) is 9.60. The second-order valence-corrected chi connectivity index (χ2v) is 3.67. The highest BCUT2D eigenvalue weighted by molar-refractivity contribution is 5.81.